The van der Waals surface area contributed by atoms with Crippen LogP contribution >= 0.6 is 0 Å². The number of phenols is 1. The van der Waals surface area contributed by atoms with Gasteiger partial charge in [0, 0.05) is 13.0 Å². The Balaban J connectivity index is 1.59. The Kier molecular flexibility index (Phi) is 6.79. The quantitative estimate of drug-likeness (QED) is 0.375. The third-order valence-electron chi connectivity index (χ3n) is 8.52. The summed E-state index contributed by atoms with van der Waals surface area (Å²) in [6.07, 6.45) is -0.555. The number of nitrogens with zero attached hydrogens (tertiary/aromatic N) is 1. The number of nitrogens with one attached hydrogen (secondary N) is 1. The molecule has 2 saturated carbocycles. The third-order valence-corrected chi connectivity index (χ3v) is 8.52. The molecule has 3 aliphatic rings. The summed E-state index contributed by atoms with van der Waals surface area (Å²) < 4.78 is 5.12. The highest BCUT2D eigenvalue weighted by atomic mass is 16.5. The van der Waals surface area contributed by atoms with E-state index in [1.165, 1.54) is 32.1 Å². The number of likely N-dealkylation sites (N-methyl/N-ethyl adjacent to an activating group) is 1. The molecule has 12 heteroatoms. The second kappa shape index (κ2) is 9.89. The summed E-state index contributed by atoms with van der Waals surface area (Å²) in [6, 6.07) is 8.27. The third kappa shape index (κ3) is 4.13. The number of fused-ring (bicyclic) bond motifs is 3. The van der Waals surface area contributed by atoms with Crippen molar-refractivity contribution in [2.24, 2.45) is 29.4 Å². The number of rotatable bonds is 4. The van der Waals surface area contributed by atoms with E-state index in [4.69, 9.17) is 10.5 Å². The molecule has 3 aliphatic carbocycles. The van der Waals surface area contributed by atoms with Crippen molar-refractivity contribution in [3.05, 3.63) is 47.5 Å². The van der Waals surface area contributed by atoms with Gasteiger partial charge in [-0.05, 0) is 67.7 Å². The summed E-state index contributed by atoms with van der Waals surface area (Å²) in [4.78, 5) is 79.4. The normalized spacial score (nSPS) is 29.0. The predicted molar refractivity (Wildman–Crippen MR) is 142 cm³/mol. The summed E-state index contributed by atoms with van der Waals surface area (Å²) in [6.45, 7) is 0. The molecule has 2 aromatic carbocycles. The molecular weight excluding hydrogens is 534 g/mol. The molecule has 41 heavy (non-hydrogen) atoms. The lowest BCUT2D eigenvalue weighted by molar-refractivity contribution is -0.181. The minimum absolute atomic E-state index is 0.0438. The molecule has 2 fully saturated rings. The van der Waals surface area contributed by atoms with E-state index in [0.717, 1.165) is 0 Å². The molecule has 0 aromatic heterocycles. The van der Waals surface area contributed by atoms with Crippen molar-refractivity contribution >= 4 is 35.1 Å². The molecule has 0 aliphatic heterocycles. The average Bonchev–Trinajstić information content (AvgIpc) is 2.91. The number of Topliss-reactive ketones (excluding diaryl/α,β-unsaturated/α-hetero) is 4. The first-order chi connectivity index (χ1) is 19.3. The highest BCUT2D eigenvalue weighted by Gasteiger charge is 2.69. The minimum Gasteiger partial charge on any atom is -0.507 e. The van der Waals surface area contributed by atoms with Crippen molar-refractivity contribution in [1.29, 1.82) is 0 Å². The van der Waals surface area contributed by atoms with Crippen LogP contribution in [0.2, 0.25) is 0 Å². The first-order valence-corrected chi connectivity index (χ1v) is 13.0. The van der Waals surface area contributed by atoms with Crippen LogP contribution in [0.15, 0.2) is 36.4 Å². The molecule has 0 radical (unpaired) electrons. The number of benzene rings is 2. The molecule has 2 amide bonds. The lowest BCUT2D eigenvalue weighted by Crippen LogP contribution is -2.74. The molecule has 2 unspecified atom stereocenters. The highest BCUT2D eigenvalue weighted by molar-refractivity contribution is 6.32. The fourth-order valence-corrected chi connectivity index (χ4v) is 6.74. The van der Waals surface area contributed by atoms with Crippen LogP contribution in [0.5, 0.6) is 11.5 Å². The maximum absolute atomic E-state index is 13.9. The number of carbonyl (C=O) groups excluding carboxylic acids is 6. The molecule has 5 rings (SSSR count). The Morgan fingerprint density at radius 2 is 1.71 bits per heavy atom. The molecular formula is C29H29N3O9. The van der Waals surface area contributed by atoms with Gasteiger partial charge < -0.3 is 26.0 Å². The van der Waals surface area contributed by atoms with Crippen molar-refractivity contribution in [1.82, 2.24) is 10.2 Å². The largest absolute Gasteiger partial charge is 0.507 e. The van der Waals surface area contributed by atoms with Gasteiger partial charge >= 0.3 is 6.09 Å². The van der Waals surface area contributed by atoms with Crippen molar-refractivity contribution in [2.75, 3.05) is 21.1 Å². The van der Waals surface area contributed by atoms with E-state index in [1.54, 1.807) is 30.3 Å². The zero-order valence-corrected chi connectivity index (χ0v) is 22.5. The molecule has 0 heterocycles. The molecule has 6 atom stereocenters. The van der Waals surface area contributed by atoms with Gasteiger partial charge in [-0.1, -0.05) is 18.2 Å². The molecule has 5 N–H and O–H groups in total. The van der Waals surface area contributed by atoms with Crippen LogP contribution in [-0.2, 0) is 25.6 Å². The number of nitrogens with two attached hydrogens (primary N) is 1. The number of ether oxygens (including phenoxy) is 1. The zero-order valence-electron chi connectivity index (χ0n) is 22.5. The standard InChI is InChI=1S/C29H29N3O9/c1-31-28(39)41-14-6-4-12(5-7-14)15-8-9-18(33)20-16(15)10-13-11-17-22(32(2)3)24(35)21(27(30)38)26(37)29(17,40)25(36)19(13)23(20)34/h4-9,13,17,19,21-22,33,40H,10-11H2,1-3H3,(H2,30,38)(H,31,39)/t13-,17-,19?,21?,22-,29-/m0/s1. The highest BCUT2D eigenvalue weighted by Crippen LogP contribution is 2.51. The van der Waals surface area contributed by atoms with Gasteiger partial charge in [-0.15, -0.1) is 0 Å². The zero-order chi connectivity index (χ0) is 30.0. The number of amides is 2. The van der Waals surface area contributed by atoms with E-state index < -0.39 is 70.4 Å². The van der Waals surface area contributed by atoms with Gasteiger partial charge in [0.05, 0.1) is 17.5 Å². The molecule has 214 valence electrons. The molecule has 2 aromatic rings. The summed E-state index contributed by atoms with van der Waals surface area (Å²) in [5, 5.41) is 24.7. The van der Waals surface area contributed by atoms with E-state index >= 15 is 0 Å². The monoisotopic (exact) mass is 563 g/mol. The molecule has 0 bridgehead atoms. The Morgan fingerprint density at radius 1 is 1.05 bits per heavy atom. The Hall–Kier alpha value is -4.42. The van der Waals surface area contributed by atoms with Crippen LogP contribution in [-0.4, -0.2) is 83.0 Å². The number of hydrogen-bond donors (Lipinski definition) is 4. The topological polar surface area (TPSA) is 193 Å². The van der Waals surface area contributed by atoms with Crippen molar-refractivity contribution in [2.45, 2.75) is 24.5 Å². The summed E-state index contributed by atoms with van der Waals surface area (Å²) in [7, 11) is 4.49. The maximum Gasteiger partial charge on any atom is 0.412 e. The SMILES string of the molecule is CNC(=O)Oc1ccc(-c2ccc(O)c3c2C[C@H]2C[C@H]4[C@H](N(C)C)C(=O)C(C(N)=O)C(=O)[C@@]4(O)C(=O)C2C3=O)cc1. The molecule has 0 spiro atoms. The Morgan fingerprint density at radius 3 is 2.29 bits per heavy atom. The smallest absolute Gasteiger partial charge is 0.412 e. The minimum atomic E-state index is -2.77. The van der Waals surface area contributed by atoms with E-state index in [-0.39, 0.29) is 29.9 Å². The van der Waals surface area contributed by atoms with E-state index in [9.17, 15) is 39.0 Å². The molecule has 0 saturated heterocycles. The van der Waals surface area contributed by atoms with E-state index in [2.05, 4.69) is 5.32 Å². The number of primary amides is 1. The summed E-state index contributed by atoms with van der Waals surface area (Å²) >= 11 is 0. The van der Waals surface area contributed by atoms with Crippen LogP contribution in [0.1, 0.15) is 22.3 Å². The number of aromatic hydroxyl groups is 1. The van der Waals surface area contributed by atoms with Crippen LogP contribution in [0.3, 0.4) is 0 Å². The molecule has 12 nitrogen and oxygen atoms in total. The number of ketones is 4. The van der Waals surface area contributed by atoms with Crippen molar-refractivity contribution < 1.29 is 43.7 Å². The predicted octanol–water partition coefficient (Wildman–Crippen LogP) is 0.252. The van der Waals surface area contributed by atoms with Gasteiger partial charge in [-0.25, -0.2) is 4.79 Å². The lowest BCUT2D eigenvalue weighted by Gasteiger charge is -2.52. The number of carbonyl (C=O) groups is 6. The Labute approximate surface area is 234 Å². The summed E-state index contributed by atoms with van der Waals surface area (Å²) in [5.41, 5.74) is 4.19. The fraction of sp³-hybridized carbons (Fsp3) is 0.379. The van der Waals surface area contributed by atoms with E-state index in [1.807, 2.05) is 0 Å². The number of aliphatic hydroxyl groups is 1. The van der Waals surface area contributed by atoms with Gasteiger partial charge in [-0.3, -0.25) is 28.9 Å². The Bertz CT molecular complexity index is 1520. The fourth-order valence-electron chi connectivity index (χ4n) is 6.74. The van der Waals surface area contributed by atoms with Gasteiger partial charge in [0.1, 0.15) is 11.5 Å². The van der Waals surface area contributed by atoms with Crippen molar-refractivity contribution in [3.63, 3.8) is 0 Å². The van der Waals surface area contributed by atoms with Crippen molar-refractivity contribution in [3.8, 4) is 22.6 Å². The first kappa shape index (κ1) is 28.1. The van der Waals surface area contributed by atoms with Gasteiger partial charge in [0.2, 0.25) is 5.91 Å². The van der Waals surface area contributed by atoms with Crippen LogP contribution in [0, 0.1) is 23.7 Å². The first-order valence-electron chi connectivity index (χ1n) is 13.0. The van der Waals surface area contributed by atoms with Crippen LogP contribution < -0.4 is 15.8 Å². The van der Waals surface area contributed by atoms with Crippen LogP contribution in [0.4, 0.5) is 4.79 Å². The van der Waals surface area contributed by atoms with Gasteiger partial charge in [0.25, 0.3) is 0 Å². The van der Waals surface area contributed by atoms with Gasteiger partial charge in [-0.2, -0.15) is 0 Å². The number of phenolic OH excluding ortho intramolecular Hbond substituents is 1. The second-order valence-corrected chi connectivity index (χ2v) is 10.9. The summed E-state index contributed by atoms with van der Waals surface area (Å²) in [5.74, 6) is -10.7. The second-order valence-electron chi connectivity index (χ2n) is 10.9. The van der Waals surface area contributed by atoms with Gasteiger partial charge in [0.15, 0.2) is 34.7 Å². The van der Waals surface area contributed by atoms with Crippen LogP contribution in [0.25, 0.3) is 11.1 Å². The number of hydrogen-bond acceptors (Lipinski definition) is 10. The average molecular weight is 564 g/mol. The maximum atomic E-state index is 13.9. The lowest BCUT2D eigenvalue weighted by atomic mass is 9.52. The van der Waals surface area contributed by atoms with E-state index in [0.29, 0.717) is 16.7 Å².